The van der Waals surface area contributed by atoms with Crippen molar-refractivity contribution in [1.29, 1.82) is 0 Å². The summed E-state index contributed by atoms with van der Waals surface area (Å²) >= 11 is 0. The molecule has 0 aliphatic carbocycles. The predicted molar refractivity (Wildman–Crippen MR) is 58.0 cm³/mol. The third-order valence-electron chi connectivity index (χ3n) is 2.18. The number of benzene rings is 1. The van der Waals surface area contributed by atoms with Crippen LogP contribution in [0.2, 0.25) is 0 Å². The van der Waals surface area contributed by atoms with Crippen LogP contribution in [0.4, 0.5) is 4.79 Å². The number of hydrogen-bond donors (Lipinski definition) is 1. The summed E-state index contributed by atoms with van der Waals surface area (Å²) in [6.07, 6.45) is 0.923. The zero-order valence-corrected chi connectivity index (χ0v) is 8.85. The quantitative estimate of drug-likeness (QED) is 0.756. The molecule has 0 aliphatic heterocycles. The first-order valence-corrected chi connectivity index (χ1v) is 5.16. The van der Waals surface area contributed by atoms with Gasteiger partial charge in [0.15, 0.2) is 0 Å². The van der Waals surface area contributed by atoms with Gasteiger partial charge < -0.3 is 9.84 Å². The monoisotopic (exact) mass is 208 g/mol. The topological polar surface area (TPSA) is 46.5 Å². The number of hydrogen-bond acceptors (Lipinski definition) is 2. The SMILES string of the molecule is CCCC(Cc1ccccc1)OC(=O)O. The first-order chi connectivity index (χ1) is 7.22. The molecule has 0 aliphatic rings. The van der Waals surface area contributed by atoms with Gasteiger partial charge in [0.2, 0.25) is 0 Å². The molecule has 3 nitrogen and oxygen atoms in total. The summed E-state index contributed by atoms with van der Waals surface area (Å²) in [6.45, 7) is 2.02. The Kier molecular flexibility index (Phi) is 4.68. The highest BCUT2D eigenvalue weighted by Gasteiger charge is 2.12. The van der Waals surface area contributed by atoms with Crippen molar-refractivity contribution >= 4 is 6.16 Å². The van der Waals surface area contributed by atoms with Crippen molar-refractivity contribution in [2.75, 3.05) is 0 Å². The molecule has 0 amide bonds. The lowest BCUT2D eigenvalue weighted by Crippen LogP contribution is -2.19. The van der Waals surface area contributed by atoms with E-state index in [-0.39, 0.29) is 6.10 Å². The average Bonchev–Trinajstić information content (AvgIpc) is 2.18. The lowest BCUT2D eigenvalue weighted by molar-refractivity contribution is 0.0481. The summed E-state index contributed by atoms with van der Waals surface area (Å²) in [5, 5.41) is 8.57. The Morgan fingerprint density at radius 2 is 2.07 bits per heavy atom. The molecule has 0 saturated heterocycles. The van der Waals surface area contributed by atoms with Crippen LogP contribution in [0.5, 0.6) is 0 Å². The minimum atomic E-state index is -1.19. The standard InChI is InChI=1S/C12H16O3/c1-2-6-11(15-12(13)14)9-10-7-4-3-5-8-10/h3-5,7-8,11H,2,6,9H2,1H3,(H,13,14). The molecule has 1 aromatic rings. The molecule has 3 heteroatoms. The van der Waals surface area contributed by atoms with Crippen LogP contribution in [0.1, 0.15) is 25.3 Å². The van der Waals surface area contributed by atoms with Gasteiger partial charge >= 0.3 is 6.16 Å². The summed E-state index contributed by atoms with van der Waals surface area (Å²) < 4.78 is 4.81. The summed E-state index contributed by atoms with van der Waals surface area (Å²) in [5.74, 6) is 0. The normalized spacial score (nSPS) is 12.1. The van der Waals surface area contributed by atoms with Gasteiger partial charge in [-0.15, -0.1) is 0 Å². The predicted octanol–water partition coefficient (Wildman–Crippen LogP) is 3.09. The summed E-state index contributed by atoms with van der Waals surface area (Å²) in [6, 6.07) is 9.79. The second-order valence-electron chi connectivity index (χ2n) is 3.48. The molecule has 82 valence electrons. The van der Waals surface area contributed by atoms with Gasteiger partial charge in [-0.05, 0) is 12.0 Å². The molecule has 0 heterocycles. The molecule has 0 radical (unpaired) electrons. The van der Waals surface area contributed by atoms with Crippen LogP contribution < -0.4 is 0 Å². The Bertz CT molecular complexity index is 295. The summed E-state index contributed by atoms with van der Waals surface area (Å²) in [5.41, 5.74) is 1.11. The minimum Gasteiger partial charge on any atom is -0.450 e. The first-order valence-electron chi connectivity index (χ1n) is 5.16. The molecule has 1 N–H and O–H groups in total. The van der Waals surface area contributed by atoms with E-state index in [4.69, 9.17) is 9.84 Å². The zero-order chi connectivity index (χ0) is 11.1. The fourth-order valence-electron chi connectivity index (χ4n) is 1.54. The van der Waals surface area contributed by atoms with Crippen molar-refractivity contribution in [1.82, 2.24) is 0 Å². The molecular weight excluding hydrogens is 192 g/mol. The second-order valence-corrected chi connectivity index (χ2v) is 3.48. The Morgan fingerprint density at radius 1 is 1.40 bits per heavy atom. The maximum Gasteiger partial charge on any atom is 0.506 e. The van der Waals surface area contributed by atoms with Crippen LogP contribution in [0.15, 0.2) is 30.3 Å². The highest BCUT2D eigenvalue weighted by atomic mass is 16.7. The number of ether oxygens (including phenoxy) is 1. The maximum atomic E-state index is 10.5. The van der Waals surface area contributed by atoms with E-state index in [1.54, 1.807) is 0 Å². The van der Waals surface area contributed by atoms with Crippen molar-refractivity contribution in [3.63, 3.8) is 0 Å². The number of rotatable bonds is 5. The average molecular weight is 208 g/mol. The highest BCUT2D eigenvalue weighted by Crippen LogP contribution is 2.10. The Morgan fingerprint density at radius 3 is 2.60 bits per heavy atom. The minimum absolute atomic E-state index is 0.227. The lowest BCUT2D eigenvalue weighted by Gasteiger charge is -2.14. The first kappa shape index (κ1) is 11.6. The molecule has 1 atom stereocenters. The Labute approximate surface area is 89.7 Å². The molecule has 0 bridgehead atoms. The third kappa shape index (κ3) is 4.49. The largest absolute Gasteiger partial charge is 0.506 e. The van der Waals surface area contributed by atoms with E-state index in [1.807, 2.05) is 37.3 Å². The summed E-state index contributed by atoms with van der Waals surface area (Å²) in [7, 11) is 0. The van der Waals surface area contributed by atoms with E-state index in [0.29, 0.717) is 6.42 Å². The van der Waals surface area contributed by atoms with Gasteiger partial charge in [-0.3, -0.25) is 0 Å². The molecule has 0 saturated carbocycles. The number of carbonyl (C=O) groups is 1. The molecule has 0 aromatic heterocycles. The molecule has 1 unspecified atom stereocenters. The smallest absolute Gasteiger partial charge is 0.450 e. The molecule has 1 rings (SSSR count). The van der Waals surface area contributed by atoms with E-state index in [2.05, 4.69) is 0 Å². The molecular formula is C12H16O3. The fraction of sp³-hybridized carbons (Fsp3) is 0.417. The highest BCUT2D eigenvalue weighted by molar-refractivity contribution is 5.57. The van der Waals surface area contributed by atoms with Gasteiger partial charge in [0.05, 0.1) is 0 Å². The molecule has 1 aromatic carbocycles. The van der Waals surface area contributed by atoms with Gasteiger partial charge in [-0.2, -0.15) is 0 Å². The van der Waals surface area contributed by atoms with Crippen LogP contribution in [-0.4, -0.2) is 17.4 Å². The van der Waals surface area contributed by atoms with Crippen LogP contribution in [-0.2, 0) is 11.2 Å². The zero-order valence-electron chi connectivity index (χ0n) is 8.85. The lowest BCUT2D eigenvalue weighted by atomic mass is 10.0. The Hall–Kier alpha value is -1.51. The van der Waals surface area contributed by atoms with E-state index in [0.717, 1.165) is 18.4 Å². The van der Waals surface area contributed by atoms with Crippen LogP contribution >= 0.6 is 0 Å². The van der Waals surface area contributed by atoms with Gasteiger partial charge in [-0.25, -0.2) is 4.79 Å². The van der Waals surface area contributed by atoms with Gasteiger partial charge in [0.1, 0.15) is 6.10 Å². The Balaban J connectivity index is 2.54. The van der Waals surface area contributed by atoms with Crippen molar-refractivity contribution in [2.45, 2.75) is 32.3 Å². The van der Waals surface area contributed by atoms with Crippen LogP contribution in [0.3, 0.4) is 0 Å². The molecule has 15 heavy (non-hydrogen) atoms. The van der Waals surface area contributed by atoms with Crippen molar-refractivity contribution in [2.24, 2.45) is 0 Å². The van der Waals surface area contributed by atoms with Gasteiger partial charge in [0.25, 0.3) is 0 Å². The van der Waals surface area contributed by atoms with Crippen molar-refractivity contribution in [3.8, 4) is 0 Å². The van der Waals surface area contributed by atoms with Crippen LogP contribution in [0, 0.1) is 0 Å². The van der Waals surface area contributed by atoms with E-state index >= 15 is 0 Å². The third-order valence-corrected chi connectivity index (χ3v) is 2.18. The van der Waals surface area contributed by atoms with Crippen molar-refractivity contribution < 1.29 is 14.6 Å². The van der Waals surface area contributed by atoms with E-state index < -0.39 is 6.16 Å². The summed E-state index contributed by atoms with van der Waals surface area (Å²) in [4.78, 5) is 10.5. The second kappa shape index (κ2) is 6.06. The van der Waals surface area contributed by atoms with E-state index in [9.17, 15) is 4.79 Å². The van der Waals surface area contributed by atoms with Gasteiger partial charge in [0, 0.05) is 6.42 Å². The molecule has 0 spiro atoms. The van der Waals surface area contributed by atoms with E-state index in [1.165, 1.54) is 0 Å². The fourth-order valence-corrected chi connectivity index (χ4v) is 1.54. The maximum absolute atomic E-state index is 10.5. The van der Waals surface area contributed by atoms with Gasteiger partial charge in [-0.1, -0.05) is 43.7 Å². The van der Waals surface area contributed by atoms with Crippen LogP contribution in [0.25, 0.3) is 0 Å². The number of carboxylic acid groups (broad SMARTS) is 1. The molecule has 0 fully saturated rings. The van der Waals surface area contributed by atoms with Crippen molar-refractivity contribution in [3.05, 3.63) is 35.9 Å².